The molecule has 4 amide bonds. The normalized spacial score (nSPS) is 17.1. The van der Waals surface area contributed by atoms with E-state index >= 15 is 0 Å². The van der Waals surface area contributed by atoms with Crippen LogP contribution in [0.15, 0.2) is 30.5 Å². The lowest BCUT2D eigenvalue weighted by Crippen LogP contribution is -2.58. The second-order valence-electron chi connectivity index (χ2n) is 9.34. The number of fused-ring (bicyclic) bond motifs is 1. The fourth-order valence-electron chi connectivity index (χ4n) is 4.39. The zero-order valence-electron chi connectivity index (χ0n) is 21.1. The highest BCUT2D eigenvalue weighted by Gasteiger charge is 2.32. The van der Waals surface area contributed by atoms with Crippen LogP contribution in [0, 0.1) is 0 Å². The Labute approximate surface area is 223 Å². The lowest BCUT2D eigenvalue weighted by atomic mass is 10.0. The minimum Gasteiger partial charge on any atom is -0.481 e. The SMILES string of the molecule is NC(=O)CC(NC(=O)C(Cc1c[nH]c2ccccc12)NC(=O)C1CCCN1)C(=O)NC(CCC(=O)O)C(=O)O. The third-order valence-corrected chi connectivity index (χ3v) is 6.41. The third kappa shape index (κ3) is 8.26. The van der Waals surface area contributed by atoms with Crippen molar-refractivity contribution in [3.05, 3.63) is 36.0 Å². The number of carboxylic acid groups (broad SMARTS) is 2. The van der Waals surface area contributed by atoms with E-state index in [1.165, 1.54) is 0 Å². The minimum atomic E-state index is -1.57. The van der Waals surface area contributed by atoms with Gasteiger partial charge in [0, 0.05) is 29.9 Å². The van der Waals surface area contributed by atoms with Gasteiger partial charge in [-0.1, -0.05) is 18.2 Å². The molecule has 9 N–H and O–H groups in total. The maximum absolute atomic E-state index is 13.4. The number of hydrogen-bond donors (Lipinski definition) is 8. The van der Waals surface area contributed by atoms with Crippen molar-refractivity contribution in [1.29, 1.82) is 0 Å². The van der Waals surface area contributed by atoms with Crippen LogP contribution in [0.1, 0.15) is 37.7 Å². The molecule has 0 saturated carbocycles. The molecule has 1 aliphatic rings. The number of carbonyl (C=O) groups excluding carboxylic acids is 4. The maximum atomic E-state index is 13.4. The summed E-state index contributed by atoms with van der Waals surface area (Å²) in [4.78, 5) is 76.3. The quantitative estimate of drug-likeness (QED) is 0.142. The van der Waals surface area contributed by atoms with Crippen molar-refractivity contribution >= 4 is 46.5 Å². The largest absolute Gasteiger partial charge is 0.481 e. The number of carboxylic acids is 2. The first-order valence-corrected chi connectivity index (χ1v) is 12.5. The number of para-hydroxylation sites is 1. The van der Waals surface area contributed by atoms with Crippen LogP contribution >= 0.6 is 0 Å². The standard InChI is InChI=1S/C25H32N6O8/c26-20(32)11-19(24(37)29-17(25(38)39)7-8-21(33)34)31-23(36)18(30-22(35)16-6-3-9-27-16)10-13-12-28-15-5-2-1-4-14(13)15/h1-2,4-5,12,16-19,27-28H,3,6-11H2,(H2,26,32)(H,29,37)(H,30,35)(H,31,36)(H,33,34)(H,38,39). The Bertz CT molecular complexity index is 1240. The van der Waals surface area contributed by atoms with E-state index < -0.39 is 79.0 Å². The summed E-state index contributed by atoms with van der Waals surface area (Å²) in [5.41, 5.74) is 6.81. The van der Waals surface area contributed by atoms with Gasteiger partial charge in [-0.15, -0.1) is 0 Å². The van der Waals surface area contributed by atoms with Gasteiger partial charge in [-0.3, -0.25) is 24.0 Å². The zero-order valence-corrected chi connectivity index (χ0v) is 21.1. The van der Waals surface area contributed by atoms with Gasteiger partial charge < -0.3 is 42.2 Å². The van der Waals surface area contributed by atoms with Crippen molar-refractivity contribution < 1.29 is 39.0 Å². The molecule has 14 heteroatoms. The molecule has 39 heavy (non-hydrogen) atoms. The van der Waals surface area contributed by atoms with Crippen molar-refractivity contribution in [2.75, 3.05) is 6.54 Å². The first kappa shape index (κ1) is 29.1. The van der Waals surface area contributed by atoms with E-state index in [0.29, 0.717) is 13.0 Å². The van der Waals surface area contributed by atoms with Crippen molar-refractivity contribution in [3.63, 3.8) is 0 Å². The van der Waals surface area contributed by atoms with Crippen molar-refractivity contribution in [2.45, 2.75) is 62.7 Å². The number of carbonyl (C=O) groups is 6. The molecule has 2 heterocycles. The molecule has 1 aromatic carbocycles. The fraction of sp³-hybridized carbons (Fsp3) is 0.440. The summed E-state index contributed by atoms with van der Waals surface area (Å²) in [6, 6.07) is 2.60. The highest BCUT2D eigenvalue weighted by atomic mass is 16.4. The molecule has 0 radical (unpaired) electrons. The highest BCUT2D eigenvalue weighted by molar-refractivity contribution is 5.96. The topological polar surface area (TPSA) is 233 Å². The number of hydrogen-bond acceptors (Lipinski definition) is 7. The van der Waals surface area contributed by atoms with Crippen LogP contribution in [0.2, 0.25) is 0 Å². The fourth-order valence-corrected chi connectivity index (χ4v) is 4.39. The van der Waals surface area contributed by atoms with E-state index in [4.69, 9.17) is 10.8 Å². The van der Waals surface area contributed by atoms with Crippen LogP contribution in [0.25, 0.3) is 10.9 Å². The van der Waals surface area contributed by atoms with Crippen LogP contribution in [-0.2, 0) is 35.2 Å². The number of rotatable bonds is 14. The van der Waals surface area contributed by atoms with Gasteiger partial charge in [0.2, 0.25) is 23.6 Å². The molecule has 1 saturated heterocycles. The number of H-pyrrole nitrogens is 1. The van der Waals surface area contributed by atoms with Gasteiger partial charge in [-0.05, 0) is 37.4 Å². The molecule has 4 atom stereocenters. The smallest absolute Gasteiger partial charge is 0.326 e. The molecule has 0 aliphatic carbocycles. The van der Waals surface area contributed by atoms with E-state index in [0.717, 1.165) is 22.9 Å². The molecule has 1 aromatic heterocycles. The molecule has 0 bridgehead atoms. The predicted molar refractivity (Wildman–Crippen MR) is 137 cm³/mol. The number of aromatic nitrogens is 1. The molecule has 14 nitrogen and oxygen atoms in total. The van der Waals surface area contributed by atoms with Crippen molar-refractivity contribution in [1.82, 2.24) is 26.3 Å². The van der Waals surface area contributed by atoms with Crippen LogP contribution in [-0.4, -0.2) is 81.5 Å². The summed E-state index contributed by atoms with van der Waals surface area (Å²) in [5.74, 6) is -5.91. The number of nitrogens with two attached hydrogens (primary N) is 1. The van der Waals surface area contributed by atoms with Gasteiger partial charge in [0.1, 0.15) is 18.1 Å². The predicted octanol–water partition coefficient (Wildman–Crippen LogP) is -1.26. The number of nitrogens with one attached hydrogen (secondary N) is 5. The molecule has 2 aromatic rings. The second kappa shape index (κ2) is 13.4. The van der Waals surface area contributed by atoms with E-state index in [2.05, 4.69) is 26.3 Å². The summed E-state index contributed by atoms with van der Waals surface area (Å²) >= 11 is 0. The monoisotopic (exact) mass is 544 g/mol. The van der Waals surface area contributed by atoms with Gasteiger partial charge >= 0.3 is 11.9 Å². The van der Waals surface area contributed by atoms with Gasteiger partial charge in [-0.2, -0.15) is 0 Å². The van der Waals surface area contributed by atoms with Gasteiger partial charge in [-0.25, -0.2) is 4.79 Å². The van der Waals surface area contributed by atoms with Crippen LogP contribution in [0.5, 0.6) is 0 Å². The molecule has 4 unspecified atom stereocenters. The summed E-state index contributed by atoms with van der Waals surface area (Å²) in [5, 5.41) is 29.4. The minimum absolute atomic E-state index is 0.0512. The lowest BCUT2D eigenvalue weighted by molar-refractivity contribution is -0.143. The first-order valence-electron chi connectivity index (χ1n) is 12.5. The average molecular weight is 545 g/mol. The summed E-state index contributed by atoms with van der Waals surface area (Å²) in [6.07, 6.45) is 1.55. The number of primary amides is 1. The molecular weight excluding hydrogens is 512 g/mol. The Morgan fingerprint density at radius 1 is 0.974 bits per heavy atom. The van der Waals surface area contributed by atoms with Crippen molar-refractivity contribution in [3.8, 4) is 0 Å². The first-order chi connectivity index (χ1) is 18.5. The Morgan fingerprint density at radius 3 is 2.31 bits per heavy atom. The van der Waals surface area contributed by atoms with Crippen LogP contribution in [0.3, 0.4) is 0 Å². The van der Waals surface area contributed by atoms with Crippen LogP contribution < -0.4 is 27.0 Å². The van der Waals surface area contributed by atoms with E-state index in [9.17, 15) is 33.9 Å². The summed E-state index contributed by atoms with van der Waals surface area (Å²) in [6.45, 7) is 0.658. The highest BCUT2D eigenvalue weighted by Crippen LogP contribution is 2.19. The van der Waals surface area contributed by atoms with E-state index in [1.807, 2.05) is 24.3 Å². The average Bonchev–Trinajstić information content (AvgIpc) is 3.56. The number of amides is 4. The molecule has 3 rings (SSSR count). The third-order valence-electron chi connectivity index (χ3n) is 6.41. The molecular formula is C25H32N6O8. The van der Waals surface area contributed by atoms with E-state index in [-0.39, 0.29) is 6.42 Å². The summed E-state index contributed by atoms with van der Waals surface area (Å²) in [7, 11) is 0. The Hall–Kier alpha value is -4.46. The second-order valence-corrected chi connectivity index (χ2v) is 9.34. The van der Waals surface area contributed by atoms with Gasteiger partial charge in [0.15, 0.2) is 0 Å². The maximum Gasteiger partial charge on any atom is 0.326 e. The summed E-state index contributed by atoms with van der Waals surface area (Å²) < 4.78 is 0. The number of benzene rings is 1. The van der Waals surface area contributed by atoms with Gasteiger partial charge in [0.25, 0.3) is 0 Å². The Morgan fingerprint density at radius 2 is 1.67 bits per heavy atom. The molecule has 1 fully saturated rings. The van der Waals surface area contributed by atoms with Crippen molar-refractivity contribution in [2.24, 2.45) is 5.73 Å². The molecule has 1 aliphatic heterocycles. The Kier molecular flexibility index (Phi) is 9.98. The van der Waals surface area contributed by atoms with Gasteiger partial charge in [0.05, 0.1) is 12.5 Å². The molecule has 0 spiro atoms. The zero-order chi connectivity index (χ0) is 28.5. The molecule has 210 valence electrons. The Balaban J connectivity index is 1.80. The number of aliphatic carboxylic acids is 2. The lowest BCUT2D eigenvalue weighted by Gasteiger charge is -2.24. The number of aromatic amines is 1. The van der Waals surface area contributed by atoms with E-state index in [1.54, 1.807) is 6.20 Å². The van der Waals surface area contributed by atoms with Crippen LogP contribution in [0.4, 0.5) is 0 Å².